The predicted octanol–water partition coefficient (Wildman–Crippen LogP) is 2.96. The first-order valence-corrected chi connectivity index (χ1v) is 8.30. The molecule has 22 heavy (non-hydrogen) atoms. The van der Waals surface area contributed by atoms with E-state index >= 15 is 0 Å². The SMILES string of the molecule is O=C(c1cccc(I)c1)N1CCN(c2ccc(O)cc2)CC1. The number of carbonyl (C=O) groups excluding carboxylic acids is 1. The summed E-state index contributed by atoms with van der Waals surface area (Å²) < 4.78 is 1.08. The number of hydrogen-bond acceptors (Lipinski definition) is 3. The minimum absolute atomic E-state index is 0.101. The fraction of sp³-hybridized carbons (Fsp3) is 0.235. The van der Waals surface area contributed by atoms with E-state index in [1.807, 2.05) is 41.3 Å². The molecule has 0 radical (unpaired) electrons. The highest BCUT2D eigenvalue weighted by Crippen LogP contribution is 2.20. The zero-order valence-electron chi connectivity index (χ0n) is 12.1. The van der Waals surface area contributed by atoms with Gasteiger partial charge >= 0.3 is 0 Å². The van der Waals surface area contributed by atoms with Gasteiger partial charge in [0.2, 0.25) is 0 Å². The molecule has 2 aromatic rings. The standard InChI is InChI=1S/C17H17IN2O2/c18-14-3-1-2-13(12-14)17(22)20-10-8-19(9-11-20)15-4-6-16(21)7-5-15/h1-7,12,21H,8-11H2. The Hall–Kier alpha value is -1.76. The summed E-state index contributed by atoms with van der Waals surface area (Å²) in [5.74, 6) is 0.375. The van der Waals surface area contributed by atoms with Crippen LogP contribution in [-0.2, 0) is 0 Å². The van der Waals surface area contributed by atoms with Crippen LogP contribution in [0.2, 0.25) is 0 Å². The highest BCUT2D eigenvalue weighted by Gasteiger charge is 2.22. The lowest BCUT2D eigenvalue weighted by molar-refractivity contribution is 0.0746. The van der Waals surface area contributed by atoms with Crippen molar-refractivity contribution in [3.8, 4) is 5.75 Å². The average Bonchev–Trinajstić information content (AvgIpc) is 2.55. The molecule has 5 heteroatoms. The molecule has 4 nitrogen and oxygen atoms in total. The number of benzene rings is 2. The molecular weight excluding hydrogens is 391 g/mol. The van der Waals surface area contributed by atoms with E-state index in [9.17, 15) is 9.90 Å². The molecule has 1 saturated heterocycles. The van der Waals surface area contributed by atoms with E-state index in [-0.39, 0.29) is 11.7 Å². The molecule has 1 fully saturated rings. The van der Waals surface area contributed by atoms with Crippen LogP contribution in [0.3, 0.4) is 0 Å². The van der Waals surface area contributed by atoms with Crippen LogP contribution in [0.4, 0.5) is 5.69 Å². The van der Waals surface area contributed by atoms with Gasteiger partial charge in [0.25, 0.3) is 5.91 Å². The third kappa shape index (κ3) is 3.35. The van der Waals surface area contributed by atoms with Crippen LogP contribution in [0.5, 0.6) is 5.75 Å². The lowest BCUT2D eigenvalue weighted by Gasteiger charge is -2.36. The molecular formula is C17H17IN2O2. The van der Waals surface area contributed by atoms with Crippen molar-refractivity contribution >= 4 is 34.2 Å². The average molecular weight is 408 g/mol. The van der Waals surface area contributed by atoms with Crippen molar-refractivity contribution < 1.29 is 9.90 Å². The summed E-state index contributed by atoms with van der Waals surface area (Å²) in [5.41, 5.74) is 1.84. The number of phenols is 1. The molecule has 1 N–H and O–H groups in total. The van der Waals surface area contributed by atoms with Gasteiger partial charge in [-0.2, -0.15) is 0 Å². The van der Waals surface area contributed by atoms with Gasteiger partial charge in [0.05, 0.1) is 0 Å². The Balaban J connectivity index is 1.64. The molecule has 0 unspecified atom stereocenters. The summed E-state index contributed by atoms with van der Waals surface area (Å²) in [6.07, 6.45) is 0. The number of halogens is 1. The maximum absolute atomic E-state index is 12.5. The molecule has 1 amide bonds. The van der Waals surface area contributed by atoms with Gasteiger partial charge < -0.3 is 14.9 Å². The Bertz CT molecular complexity index is 665. The molecule has 0 bridgehead atoms. The summed E-state index contributed by atoms with van der Waals surface area (Å²) in [5, 5.41) is 9.35. The van der Waals surface area contributed by atoms with Crippen LogP contribution in [0.15, 0.2) is 48.5 Å². The maximum atomic E-state index is 12.5. The first-order valence-electron chi connectivity index (χ1n) is 7.22. The quantitative estimate of drug-likeness (QED) is 0.778. The van der Waals surface area contributed by atoms with E-state index in [0.717, 1.165) is 27.9 Å². The van der Waals surface area contributed by atoms with E-state index in [4.69, 9.17) is 0 Å². The lowest BCUT2D eigenvalue weighted by Crippen LogP contribution is -2.48. The molecule has 0 saturated carbocycles. The van der Waals surface area contributed by atoms with Gasteiger partial charge in [0, 0.05) is 41.0 Å². The second-order valence-electron chi connectivity index (χ2n) is 5.31. The Morgan fingerprint density at radius 1 is 1.00 bits per heavy atom. The Morgan fingerprint density at radius 2 is 1.68 bits per heavy atom. The number of rotatable bonds is 2. The third-order valence-corrected chi connectivity index (χ3v) is 4.52. The second-order valence-corrected chi connectivity index (χ2v) is 6.55. The number of nitrogens with zero attached hydrogens (tertiary/aromatic N) is 2. The Morgan fingerprint density at radius 3 is 2.32 bits per heavy atom. The largest absolute Gasteiger partial charge is 0.508 e. The first-order chi connectivity index (χ1) is 10.6. The molecule has 1 heterocycles. The first kappa shape index (κ1) is 15.1. The Labute approximate surface area is 143 Å². The predicted molar refractivity (Wildman–Crippen MR) is 95.4 cm³/mol. The normalized spacial score (nSPS) is 15.0. The van der Waals surface area contributed by atoms with Gasteiger partial charge in [-0.25, -0.2) is 0 Å². The number of piperazine rings is 1. The number of aromatic hydroxyl groups is 1. The van der Waals surface area contributed by atoms with Crippen molar-refractivity contribution in [2.24, 2.45) is 0 Å². The van der Waals surface area contributed by atoms with Gasteiger partial charge in [-0.05, 0) is 65.1 Å². The summed E-state index contributed by atoms with van der Waals surface area (Å²) in [6, 6.07) is 14.9. The molecule has 2 aromatic carbocycles. The molecule has 1 aliphatic heterocycles. The zero-order valence-corrected chi connectivity index (χ0v) is 14.2. The number of phenolic OH excluding ortho intramolecular Hbond substituents is 1. The summed E-state index contributed by atoms with van der Waals surface area (Å²) >= 11 is 2.22. The number of anilines is 1. The van der Waals surface area contributed by atoms with Crippen molar-refractivity contribution in [1.82, 2.24) is 4.90 Å². The molecule has 3 rings (SSSR count). The van der Waals surface area contributed by atoms with Crippen molar-refractivity contribution in [2.75, 3.05) is 31.1 Å². The summed E-state index contributed by atoms with van der Waals surface area (Å²) in [4.78, 5) is 16.6. The van der Waals surface area contributed by atoms with Crippen molar-refractivity contribution in [3.63, 3.8) is 0 Å². The Kier molecular flexibility index (Phi) is 4.52. The fourth-order valence-electron chi connectivity index (χ4n) is 2.64. The molecule has 0 spiro atoms. The smallest absolute Gasteiger partial charge is 0.254 e. The van der Waals surface area contributed by atoms with Gasteiger partial charge in [0.1, 0.15) is 5.75 Å². The number of hydrogen-bond donors (Lipinski definition) is 1. The van der Waals surface area contributed by atoms with Crippen LogP contribution in [-0.4, -0.2) is 42.1 Å². The van der Waals surface area contributed by atoms with Crippen molar-refractivity contribution in [2.45, 2.75) is 0 Å². The molecule has 1 aliphatic rings. The third-order valence-electron chi connectivity index (χ3n) is 3.85. The van der Waals surface area contributed by atoms with Crippen LogP contribution < -0.4 is 4.90 Å². The summed E-state index contributed by atoms with van der Waals surface area (Å²) in [6.45, 7) is 3.04. The minimum atomic E-state index is 0.101. The van der Waals surface area contributed by atoms with Crippen molar-refractivity contribution in [1.29, 1.82) is 0 Å². The zero-order chi connectivity index (χ0) is 15.5. The van der Waals surface area contributed by atoms with Crippen LogP contribution in [0, 0.1) is 3.57 Å². The summed E-state index contributed by atoms with van der Waals surface area (Å²) in [7, 11) is 0. The topological polar surface area (TPSA) is 43.8 Å². The number of carbonyl (C=O) groups is 1. The van der Waals surface area contributed by atoms with E-state index in [0.29, 0.717) is 13.1 Å². The van der Waals surface area contributed by atoms with Gasteiger partial charge in [0.15, 0.2) is 0 Å². The highest BCUT2D eigenvalue weighted by atomic mass is 127. The van der Waals surface area contributed by atoms with Crippen LogP contribution >= 0.6 is 22.6 Å². The minimum Gasteiger partial charge on any atom is -0.508 e. The second kappa shape index (κ2) is 6.56. The lowest BCUT2D eigenvalue weighted by atomic mass is 10.1. The van der Waals surface area contributed by atoms with Gasteiger partial charge in [-0.3, -0.25) is 4.79 Å². The molecule has 0 aliphatic carbocycles. The number of amides is 1. The molecule has 0 atom stereocenters. The van der Waals surface area contributed by atoms with E-state index in [1.54, 1.807) is 12.1 Å². The van der Waals surface area contributed by atoms with Crippen molar-refractivity contribution in [3.05, 3.63) is 57.7 Å². The fourth-order valence-corrected chi connectivity index (χ4v) is 3.18. The highest BCUT2D eigenvalue weighted by molar-refractivity contribution is 14.1. The molecule has 0 aromatic heterocycles. The van der Waals surface area contributed by atoms with E-state index in [1.165, 1.54) is 0 Å². The van der Waals surface area contributed by atoms with E-state index in [2.05, 4.69) is 27.5 Å². The van der Waals surface area contributed by atoms with Crippen LogP contribution in [0.1, 0.15) is 10.4 Å². The maximum Gasteiger partial charge on any atom is 0.254 e. The van der Waals surface area contributed by atoms with Crippen LogP contribution in [0.25, 0.3) is 0 Å². The molecule has 114 valence electrons. The monoisotopic (exact) mass is 408 g/mol. The van der Waals surface area contributed by atoms with E-state index < -0.39 is 0 Å². The van der Waals surface area contributed by atoms with Gasteiger partial charge in [-0.1, -0.05) is 6.07 Å². The van der Waals surface area contributed by atoms with Gasteiger partial charge in [-0.15, -0.1) is 0 Å².